The molecule has 204 valence electrons. The average molecular weight is 974 g/mol. The van der Waals surface area contributed by atoms with Crippen LogP contribution < -0.4 is 10.1 Å². The zero-order valence-electron chi connectivity index (χ0n) is 20.3. The molecule has 0 unspecified atom stereocenters. The number of amides is 3. The molecule has 0 radical (unpaired) electrons. The van der Waals surface area contributed by atoms with Crippen LogP contribution in [0.15, 0.2) is 24.3 Å². The van der Waals surface area contributed by atoms with Crippen molar-refractivity contribution in [1.29, 1.82) is 0 Å². The molecule has 1 atom stereocenters. The number of hydroxylamine groups is 2. The second-order valence-corrected chi connectivity index (χ2v) is 13.8. The van der Waals surface area contributed by atoms with Crippen molar-refractivity contribution in [1.82, 2.24) is 10.4 Å². The molecule has 0 spiro atoms. The molecule has 10 nitrogen and oxygen atoms in total. The van der Waals surface area contributed by atoms with E-state index in [1.54, 1.807) is 45.0 Å². The highest BCUT2D eigenvalue weighted by atomic mass is 127. The Labute approximate surface area is 273 Å². The number of benzene rings is 2. The topological polar surface area (TPSA) is 131 Å². The first-order valence-corrected chi connectivity index (χ1v) is 15.4. The van der Waals surface area contributed by atoms with Gasteiger partial charge in [-0.25, -0.2) is 9.59 Å². The van der Waals surface area contributed by atoms with Crippen LogP contribution in [-0.4, -0.2) is 45.7 Å². The Kier molecular flexibility index (Phi) is 10.7. The van der Waals surface area contributed by atoms with Gasteiger partial charge in [0, 0.05) is 19.3 Å². The Morgan fingerprint density at radius 3 is 2.00 bits per heavy atom. The van der Waals surface area contributed by atoms with Crippen molar-refractivity contribution in [3.8, 4) is 17.2 Å². The Balaban J connectivity index is 1.84. The minimum absolute atomic E-state index is 0.00438. The van der Waals surface area contributed by atoms with E-state index in [0.29, 0.717) is 29.3 Å². The van der Waals surface area contributed by atoms with Crippen LogP contribution in [-0.2, 0) is 30.4 Å². The van der Waals surface area contributed by atoms with Crippen molar-refractivity contribution in [3.63, 3.8) is 0 Å². The second kappa shape index (κ2) is 13.0. The summed E-state index contributed by atoms with van der Waals surface area (Å²) >= 11 is 8.26. The summed E-state index contributed by atoms with van der Waals surface area (Å²) in [5.41, 5.74) is -0.148. The molecule has 38 heavy (non-hydrogen) atoms. The van der Waals surface area contributed by atoms with Crippen LogP contribution >= 0.6 is 90.4 Å². The molecule has 2 aromatic carbocycles. The van der Waals surface area contributed by atoms with E-state index < -0.39 is 35.5 Å². The Hall–Kier alpha value is -1.16. The Morgan fingerprint density at radius 2 is 1.50 bits per heavy atom. The van der Waals surface area contributed by atoms with Gasteiger partial charge in [0.05, 0.1) is 14.3 Å². The lowest BCUT2D eigenvalue weighted by Gasteiger charge is -2.24. The quantitative estimate of drug-likeness (QED) is 0.270. The van der Waals surface area contributed by atoms with Crippen molar-refractivity contribution in [2.24, 2.45) is 0 Å². The number of rotatable bonds is 7. The van der Waals surface area contributed by atoms with Crippen molar-refractivity contribution in [3.05, 3.63) is 44.1 Å². The van der Waals surface area contributed by atoms with Crippen molar-refractivity contribution in [2.45, 2.75) is 51.7 Å². The number of carbonyl (C=O) groups is 4. The molecular weight excluding hydrogens is 952 g/mol. The fourth-order valence-corrected chi connectivity index (χ4v) is 7.07. The number of hydrogen-bond acceptors (Lipinski definition) is 8. The molecule has 0 aromatic heterocycles. The summed E-state index contributed by atoms with van der Waals surface area (Å²) in [6, 6.07) is 5.77. The van der Waals surface area contributed by atoms with Gasteiger partial charge >= 0.3 is 12.1 Å². The lowest BCUT2D eigenvalue weighted by molar-refractivity contribution is -0.198. The molecule has 0 saturated carbocycles. The predicted molar refractivity (Wildman–Crippen MR) is 170 cm³/mol. The smallest absolute Gasteiger partial charge is 0.408 e. The van der Waals surface area contributed by atoms with Crippen molar-refractivity contribution < 1.29 is 38.6 Å². The maximum absolute atomic E-state index is 13.0. The van der Waals surface area contributed by atoms with E-state index in [-0.39, 0.29) is 25.0 Å². The first-order chi connectivity index (χ1) is 17.6. The summed E-state index contributed by atoms with van der Waals surface area (Å²) in [6.45, 7) is 5.04. The lowest BCUT2D eigenvalue weighted by Crippen LogP contribution is -2.48. The van der Waals surface area contributed by atoms with E-state index >= 15 is 0 Å². The van der Waals surface area contributed by atoms with Crippen LogP contribution in [0.3, 0.4) is 0 Å². The molecule has 0 aliphatic carbocycles. The van der Waals surface area contributed by atoms with E-state index in [4.69, 9.17) is 14.3 Å². The fourth-order valence-electron chi connectivity index (χ4n) is 3.24. The van der Waals surface area contributed by atoms with Gasteiger partial charge in [-0.05, 0) is 141 Å². The highest BCUT2D eigenvalue weighted by Crippen LogP contribution is 2.37. The number of alkyl carbamates (subject to hydrolysis) is 1. The number of phenols is 1. The maximum atomic E-state index is 13.0. The minimum atomic E-state index is -1.25. The van der Waals surface area contributed by atoms with Crippen molar-refractivity contribution >= 4 is 114 Å². The Morgan fingerprint density at radius 1 is 0.974 bits per heavy atom. The number of ether oxygens (including phenoxy) is 2. The van der Waals surface area contributed by atoms with E-state index in [9.17, 15) is 24.3 Å². The van der Waals surface area contributed by atoms with Crippen LogP contribution in [0, 0.1) is 14.3 Å². The number of nitrogens with one attached hydrogen (secondary N) is 1. The van der Waals surface area contributed by atoms with Gasteiger partial charge in [-0.1, -0.05) is 0 Å². The monoisotopic (exact) mass is 974 g/mol. The summed E-state index contributed by atoms with van der Waals surface area (Å²) in [4.78, 5) is 54.4. The molecule has 3 amide bonds. The standard InChI is InChI=1S/C24H22I4N2O8/c1-24(2,3)37-23(35)29-17(22(34)38-30-18(31)4-5-19(30)32)8-11-6-15(27)21(16(28)7-11)36-12-9-13(25)20(33)14(26)10-12/h6-7,9-10,17,33H,4-5,8H2,1-3H3,(H,29,35)/t17-/m0/s1. The maximum Gasteiger partial charge on any atom is 0.408 e. The van der Waals surface area contributed by atoms with Gasteiger partial charge in [0.25, 0.3) is 11.8 Å². The largest absolute Gasteiger partial charge is 0.506 e. The van der Waals surface area contributed by atoms with E-state index in [0.717, 1.165) is 7.14 Å². The van der Waals surface area contributed by atoms with Crippen LogP contribution in [0.4, 0.5) is 4.79 Å². The zero-order chi connectivity index (χ0) is 28.4. The van der Waals surface area contributed by atoms with Crippen LogP contribution in [0.2, 0.25) is 0 Å². The Bertz CT molecular complexity index is 1230. The lowest BCUT2D eigenvalue weighted by atomic mass is 10.1. The third-order valence-electron chi connectivity index (χ3n) is 4.87. The summed E-state index contributed by atoms with van der Waals surface area (Å²) in [7, 11) is 0. The van der Waals surface area contributed by atoms with Gasteiger partial charge in [-0.15, -0.1) is 5.06 Å². The molecule has 1 aliphatic heterocycles. The first-order valence-electron chi connectivity index (χ1n) is 11.1. The summed E-state index contributed by atoms with van der Waals surface area (Å²) in [5, 5.41) is 13.0. The molecule has 1 fully saturated rings. The molecule has 1 saturated heterocycles. The number of imide groups is 1. The van der Waals surface area contributed by atoms with E-state index in [2.05, 4.69) is 50.5 Å². The number of nitrogens with zero attached hydrogens (tertiary/aromatic N) is 1. The first kappa shape index (κ1) is 31.4. The number of carbonyl (C=O) groups excluding carboxylic acids is 4. The van der Waals surface area contributed by atoms with Gasteiger partial charge in [0.1, 0.15) is 23.1 Å². The molecular formula is C24H22I4N2O8. The minimum Gasteiger partial charge on any atom is -0.506 e. The van der Waals surface area contributed by atoms with Gasteiger partial charge in [-0.2, -0.15) is 0 Å². The normalized spacial score (nSPS) is 14.3. The van der Waals surface area contributed by atoms with Crippen LogP contribution in [0.25, 0.3) is 0 Å². The number of hydrogen-bond donors (Lipinski definition) is 2. The van der Waals surface area contributed by atoms with Crippen molar-refractivity contribution in [2.75, 3.05) is 0 Å². The van der Waals surface area contributed by atoms with Crippen LogP contribution in [0.5, 0.6) is 17.2 Å². The average Bonchev–Trinajstić information content (AvgIpc) is 3.10. The zero-order valence-corrected chi connectivity index (χ0v) is 28.9. The third-order valence-corrected chi connectivity index (χ3v) is 8.12. The highest BCUT2D eigenvalue weighted by Gasteiger charge is 2.36. The number of halogens is 4. The van der Waals surface area contributed by atoms with Gasteiger partial charge in [0.15, 0.2) is 5.75 Å². The predicted octanol–water partition coefficient (Wildman–Crippen LogP) is 5.65. The summed E-state index contributed by atoms with van der Waals surface area (Å²) in [6.07, 6.45) is -0.949. The number of phenolic OH excluding ortho intramolecular Hbond substituents is 1. The fraction of sp³-hybridized carbons (Fsp3) is 0.333. The third kappa shape index (κ3) is 8.42. The van der Waals surface area contributed by atoms with Gasteiger partial charge in [0.2, 0.25) is 0 Å². The molecule has 2 aromatic rings. The molecule has 14 heteroatoms. The molecule has 0 bridgehead atoms. The second-order valence-electron chi connectivity index (χ2n) is 9.12. The van der Waals surface area contributed by atoms with Gasteiger partial charge < -0.3 is 24.7 Å². The molecule has 3 rings (SSSR count). The molecule has 2 N–H and O–H groups in total. The van der Waals surface area contributed by atoms with E-state index in [1.165, 1.54) is 0 Å². The molecule has 1 heterocycles. The van der Waals surface area contributed by atoms with Crippen LogP contribution in [0.1, 0.15) is 39.2 Å². The highest BCUT2D eigenvalue weighted by molar-refractivity contribution is 14.1. The molecule has 1 aliphatic rings. The summed E-state index contributed by atoms with van der Waals surface area (Å²) < 4.78 is 14.1. The SMILES string of the molecule is CC(C)(C)OC(=O)N[C@@H](Cc1cc(I)c(Oc2cc(I)c(O)c(I)c2)c(I)c1)C(=O)ON1C(=O)CCC1=O. The van der Waals surface area contributed by atoms with E-state index in [1.807, 2.05) is 45.2 Å². The number of aromatic hydroxyl groups is 1. The summed E-state index contributed by atoms with van der Waals surface area (Å²) in [5.74, 6) is -0.899. The van der Waals surface area contributed by atoms with Gasteiger partial charge in [-0.3, -0.25) is 9.59 Å².